The first kappa shape index (κ1) is 17.6. The molecule has 0 fully saturated rings. The lowest BCUT2D eigenvalue weighted by Gasteiger charge is -2.11. The van der Waals surface area contributed by atoms with Crippen LogP contribution in [0.25, 0.3) is 6.08 Å². The fourth-order valence-electron chi connectivity index (χ4n) is 1.96. The van der Waals surface area contributed by atoms with Gasteiger partial charge in [-0.15, -0.1) is 0 Å². The molecule has 0 bridgehead atoms. The standard InChI is InChI=1S/C18H15BrN2O3/c1-23-16-7-4-13(8-14(10-20)18(21)22)9-17(16)24-11-12-2-5-15(19)6-3-12/h2-9H,11H2,1H3,(H2,21,22)/b14-8-. The summed E-state index contributed by atoms with van der Waals surface area (Å²) < 4.78 is 12.1. The third-order valence-electron chi connectivity index (χ3n) is 3.19. The Bertz CT molecular complexity index is 808. The van der Waals surface area contributed by atoms with Gasteiger partial charge in [0.15, 0.2) is 11.5 Å². The maximum atomic E-state index is 11.2. The average molecular weight is 387 g/mol. The Morgan fingerprint density at radius 1 is 1.25 bits per heavy atom. The number of primary amides is 1. The number of amides is 1. The molecule has 122 valence electrons. The Balaban J connectivity index is 2.24. The molecule has 5 nitrogen and oxygen atoms in total. The largest absolute Gasteiger partial charge is 0.493 e. The Hall–Kier alpha value is -2.78. The van der Waals surface area contributed by atoms with Crippen molar-refractivity contribution in [3.05, 3.63) is 63.6 Å². The lowest BCUT2D eigenvalue weighted by atomic mass is 10.1. The number of benzene rings is 2. The predicted molar refractivity (Wildman–Crippen MR) is 94.3 cm³/mol. The number of ether oxygens (including phenoxy) is 2. The van der Waals surface area contributed by atoms with E-state index < -0.39 is 5.91 Å². The lowest BCUT2D eigenvalue weighted by molar-refractivity contribution is -0.114. The van der Waals surface area contributed by atoms with Crippen LogP contribution in [0, 0.1) is 11.3 Å². The van der Waals surface area contributed by atoms with Gasteiger partial charge in [-0.1, -0.05) is 34.1 Å². The van der Waals surface area contributed by atoms with Crippen LogP contribution in [0.3, 0.4) is 0 Å². The number of carbonyl (C=O) groups is 1. The molecule has 0 saturated heterocycles. The van der Waals surface area contributed by atoms with Crippen LogP contribution in [0.2, 0.25) is 0 Å². The summed E-state index contributed by atoms with van der Waals surface area (Å²) in [7, 11) is 1.54. The molecule has 2 N–H and O–H groups in total. The summed E-state index contributed by atoms with van der Waals surface area (Å²) >= 11 is 3.38. The van der Waals surface area contributed by atoms with E-state index in [4.69, 9.17) is 20.5 Å². The molecule has 0 aliphatic heterocycles. The number of nitrogens with two attached hydrogens (primary N) is 1. The van der Waals surface area contributed by atoms with Gasteiger partial charge in [0.05, 0.1) is 7.11 Å². The molecule has 6 heteroatoms. The van der Waals surface area contributed by atoms with Gasteiger partial charge in [0.1, 0.15) is 18.2 Å². The van der Waals surface area contributed by atoms with Crippen LogP contribution < -0.4 is 15.2 Å². The Kier molecular flexibility index (Phi) is 5.99. The fourth-order valence-corrected chi connectivity index (χ4v) is 2.23. The number of nitriles is 1. The lowest BCUT2D eigenvalue weighted by Crippen LogP contribution is -2.12. The summed E-state index contributed by atoms with van der Waals surface area (Å²) in [6.45, 7) is 0.359. The zero-order chi connectivity index (χ0) is 17.5. The summed E-state index contributed by atoms with van der Waals surface area (Å²) in [6, 6.07) is 14.6. The first-order chi connectivity index (χ1) is 11.5. The highest BCUT2D eigenvalue weighted by atomic mass is 79.9. The van der Waals surface area contributed by atoms with Gasteiger partial charge in [0.2, 0.25) is 0 Å². The van der Waals surface area contributed by atoms with Gasteiger partial charge in [0, 0.05) is 4.47 Å². The second-order valence-electron chi connectivity index (χ2n) is 4.86. The molecule has 2 rings (SSSR count). The Morgan fingerprint density at radius 2 is 1.96 bits per heavy atom. The maximum Gasteiger partial charge on any atom is 0.259 e. The zero-order valence-electron chi connectivity index (χ0n) is 13.0. The molecule has 0 aromatic heterocycles. The van der Waals surface area contributed by atoms with Crippen LogP contribution in [0.5, 0.6) is 11.5 Å². The van der Waals surface area contributed by atoms with Crippen LogP contribution in [0.1, 0.15) is 11.1 Å². The Labute approximate surface area is 148 Å². The number of rotatable bonds is 6. The molecule has 0 spiro atoms. The molecular formula is C18H15BrN2O3. The second-order valence-corrected chi connectivity index (χ2v) is 5.78. The zero-order valence-corrected chi connectivity index (χ0v) is 14.5. The highest BCUT2D eigenvalue weighted by Gasteiger charge is 2.08. The van der Waals surface area contributed by atoms with Crippen molar-refractivity contribution in [2.45, 2.75) is 6.61 Å². The molecule has 0 heterocycles. The van der Waals surface area contributed by atoms with Crippen molar-refractivity contribution in [2.75, 3.05) is 7.11 Å². The van der Waals surface area contributed by atoms with E-state index in [1.165, 1.54) is 6.08 Å². The van der Waals surface area contributed by atoms with Gasteiger partial charge < -0.3 is 15.2 Å². The molecule has 0 saturated carbocycles. The van der Waals surface area contributed by atoms with E-state index in [-0.39, 0.29) is 5.57 Å². The number of nitrogens with zero attached hydrogens (tertiary/aromatic N) is 1. The normalized spacial score (nSPS) is 10.8. The summed E-state index contributed by atoms with van der Waals surface area (Å²) in [5, 5.41) is 8.92. The average Bonchev–Trinajstić information content (AvgIpc) is 2.59. The minimum Gasteiger partial charge on any atom is -0.493 e. The van der Waals surface area contributed by atoms with Crippen LogP contribution in [-0.4, -0.2) is 13.0 Å². The molecule has 0 aliphatic rings. The van der Waals surface area contributed by atoms with Gasteiger partial charge in [-0.2, -0.15) is 5.26 Å². The van der Waals surface area contributed by atoms with E-state index in [0.717, 1.165) is 10.0 Å². The van der Waals surface area contributed by atoms with E-state index >= 15 is 0 Å². The first-order valence-corrected chi connectivity index (χ1v) is 7.79. The molecule has 24 heavy (non-hydrogen) atoms. The molecule has 0 radical (unpaired) electrons. The number of hydrogen-bond acceptors (Lipinski definition) is 4. The van der Waals surface area contributed by atoms with Crippen molar-refractivity contribution < 1.29 is 14.3 Å². The van der Waals surface area contributed by atoms with Gasteiger partial charge in [0.25, 0.3) is 5.91 Å². The van der Waals surface area contributed by atoms with E-state index in [1.807, 2.05) is 24.3 Å². The summed E-state index contributed by atoms with van der Waals surface area (Å²) in [5.74, 6) is 0.295. The van der Waals surface area contributed by atoms with E-state index in [0.29, 0.717) is 23.7 Å². The smallest absolute Gasteiger partial charge is 0.259 e. The van der Waals surface area contributed by atoms with Gasteiger partial charge in [-0.3, -0.25) is 4.79 Å². The number of carbonyl (C=O) groups excluding carboxylic acids is 1. The summed E-state index contributed by atoms with van der Waals surface area (Å²) in [5.41, 5.74) is 6.64. The van der Waals surface area contributed by atoms with Crippen LogP contribution in [0.4, 0.5) is 0 Å². The van der Waals surface area contributed by atoms with Crippen LogP contribution in [0.15, 0.2) is 52.5 Å². The van der Waals surface area contributed by atoms with Crippen molar-refractivity contribution in [3.63, 3.8) is 0 Å². The monoisotopic (exact) mass is 386 g/mol. The molecule has 2 aromatic rings. The quantitative estimate of drug-likeness (QED) is 0.608. The summed E-state index contributed by atoms with van der Waals surface area (Å²) in [6.07, 6.45) is 1.41. The van der Waals surface area contributed by atoms with Crippen molar-refractivity contribution in [2.24, 2.45) is 5.73 Å². The van der Waals surface area contributed by atoms with Crippen molar-refractivity contribution >= 4 is 27.9 Å². The molecule has 0 aliphatic carbocycles. The predicted octanol–water partition coefficient (Wildman–Crippen LogP) is 3.43. The highest BCUT2D eigenvalue weighted by Crippen LogP contribution is 2.29. The van der Waals surface area contributed by atoms with E-state index in [9.17, 15) is 4.79 Å². The minimum atomic E-state index is -0.773. The highest BCUT2D eigenvalue weighted by molar-refractivity contribution is 9.10. The van der Waals surface area contributed by atoms with Crippen molar-refractivity contribution in [3.8, 4) is 17.6 Å². The molecular weight excluding hydrogens is 372 g/mol. The number of methoxy groups -OCH3 is 1. The van der Waals surface area contributed by atoms with Crippen molar-refractivity contribution in [1.29, 1.82) is 5.26 Å². The number of hydrogen-bond donors (Lipinski definition) is 1. The minimum absolute atomic E-state index is 0.126. The fraction of sp³-hybridized carbons (Fsp3) is 0.111. The van der Waals surface area contributed by atoms with Gasteiger partial charge in [-0.25, -0.2) is 0 Å². The molecule has 0 unspecified atom stereocenters. The van der Waals surface area contributed by atoms with Crippen LogP contribution >= 0.6 is 15.9 Å². The maximum absolute atomic E-state index is 11.2. The second kappa shape index (κ2) is 8.18. The first-order valence-electron chi connectivity index (χ1n) is 7.00. The van der Waals surface area contributed by atoms with E-state index in [1.54, 1.807) is 31.4 Å². The topological polar surface area (TPSA) is 85.3 Å². The van der Waals surface area contributed by atoms with Gasteiger partial charge in [-0.05, 0) is 41.5 Å². The van der Waals surface area contributed by atoms with E-state index in [2.05, 4.69) is 15.9 Å². The molecule has 2 aromatic carbocycles. The van der Waals surface area contributed by atoms with Gasteiger partial charge >= 0.3 is 0 Å². The summed E-state index contributed by atoms with van der Waals surface area (Å²) in [4.78, 5) is 11.2. The molecule has 0 atom stereocenters. The molecule has 1 amide bonds. The SMILES string of the molecule is COc1ccc(/C=C(/C#N)C(N)=O)cc1OCc1ccc(Br)cc1. The van der Waals surface area contributed by atoms with Crippen molar-refractivity contribution in [1.82, 2.24) is 0 Å². The third kappa shape index (κ3) is 4.61. The Morgan fingerprint density at radius 3 is 2.54 bits per heavy atom. The third-order valence-corrected chi connectivity index (χ3v) is 3.72. The van der Waals surface area contributed by atoms with Crippen LogP contribution in [-0.2, 0) is 11.4 Å². The number of halogens is 1.